The molecular formula is C41H66O11. The monoisotopic (exact) mass is 734 g/mol. The number of hydrogen-bond acceptors (Lipinski definition) is 10. The third-order valence-corrected chi connectivity index (χ3v) is 16.8. The van der Waals surface area contributed by atoms with E-state index in [0.29, 0.717) is 5.92 Å². The third-order valence-electron chi connectivity index (χ3n) is 16.8. The van der Waals surface area contributed by atoms with Crippen LogP contribution in [0, 0.1) is 50.2 Å². The number of aliphatic carboxylic acids is 1. The number of carboxylic acid groups (broad SMARTS) is 1. The minimum Gasteiger partial charge on any atom is -0.479 e. The molecule has 3 unspecified atom stereocenters. The van der Waals surface area contributed by atoms with Crippen LogP contribution < -0.4 is 0 Å². The van der Waals surface area contributed by atoms with Crippen LogP contribution in [0.4, 0.5) is 0 Å². The minimum atomic E-state index is -1.11. The van der Waals surface area contributed by atoms with Crippen molar-refractivity contribution in [3.63, 3.8) is 0 Å². The summed E-state index contributed by atoms with van der Waals surface area (Å²) in [6.07, 6.45) is 3.20. The van der Waals surface area contributed by atoms with Gasteiger partial charge in [0.05, 0.1) is 43.7 Å². The van der Waals surface area contributed by atoms with Gasteiger partial charge in [0, 0.05) is 30.1 Å². The Hall–Kier alpha value is -1.15. The van der Waals surface area contributed by atoms with Crippen molar-refractivity contribution in [1.29, 1.82) is 0 Å². The molecule has 7 aliphatic rings. The maximum absolute atomic E-state index is 11.9. The number of aliphatic hydroxyl groups is 5. The van der Waals surface area contributed by atoms with Crippen molar-refractivity contribution < 1.29 is 54.4 Å². The third kappa shape index (κ3) is 5.80. The first-order valence-corrected chi connectivity index (χ1v) is 20.1. The Bertz CT molecular complexity index is 1400. The van der Waals surface area contributed by atoms with Crippen LogP contribution in [-0.4, -0.2) is 105 Å². The van der Waals surface area contributed by atoms with Gasteiger partial charge in [-0.15, -0.1) is 0 Å². The van der Waals surface area contributed by atoms with Gasteiger partial charge in [0.2, 0.25) is 0 Å². The average Bonchev–Trinajstić information content (AvgIpc) is 3.06. The average molecular weight is 735 g/mol. The van der Waals surface area contributed by atoms with Crippen LogP contribution in [0.5, 0.6) is 0 Å². The van der Waals surface area contributed by atoms with Crippen molar-refractivity contribution >= 4 is 5.97 Å². The number of rotatable bonds is 6. The lowest BCUT2D eigenvalue weighted by atomic mass is 9.33. The lowest BCUT2D eigenvalue weighted by molar-refractivity contribution is -0.306. The fraction of sp³-hybridized carbons (Fsp3) is 0.927. The summed E-state index contributed by atoms with van der Waals surface area (Å²) in [6.45, 7) is 16.1. The van der Waals surface area contributed by atoms with Crippen molar-refractivity contribution in [3.05, 3.63) is 11.6 Å². The number of carbonyl (C=O) groups is 1. The lowest BCUT2D eigenvalue weighted by Gasteiger charge is -2.72. The van der Waals surface area contributed by atoms with Crippen LogP contribution in [0.1, 0.15) is 119 Å². The van der Waals surface area contributed by atoms with Gasteiger partial charge >= 0.3 is 5.97 Å². The summed E-state index contributed by atoms with van der Waals surface area (Å²) >= 11 is 0. The van der Waals surface area contributed by atoms with Crippen LogP contribution in [0.15, 0.2) is 11.6 Å². The molecule has 0 spiro atoms. The summed E-state index contributed by atoms with van der Waals surface area (Å²) in [7, 11) is 0. The molecule has 0 radical (unpaired) electrons. The number of hydrogen-bond donors (Lipinski definition) is 6. The zero-order chi connectivity index (χ0) is 37.8. The maximum Gasteiger partial charge on any atom is 0.333 e. The Morgan fingerprint density at radius 1 is 0.865 bits per heavy atom. The molecule has 6 fully saturated rings. The van der Waals surface area contributed by atoms with Gasteiger partial charge in [0.15, 0.2) is 18.7 Å². The van der Waals surface area contributed by atoms with Gasteiger partial charge in [-0.05, 0) is 90.8 Å². The Morgan fingerprint density at radius 3 is 2.27 bits per heavy atom. The van der Waals surface area contributed by atoms with Gasteiger partial charge in [-0.25, -0.2) is 4.79 Å². The Balaban J connectivity index is 1.17. The largest absolute Gasteiger partial charge is 0.479 e. The number of carboxylic acids is 1. The molecule has 6 N–H and O–H groups in total. The zero-order valence-electron chi connectivity index (χ0n) is 32.4. The fourth-order valence-electron chi connectivity index (χ4n) is 13.4. The fourth-order valence-corrected chi connectivity index (χ4v) is 13.4. The summed E-state index contributed by atoms with van der Waals surface area (Å²) in [5.74, 6) is -0.369. The summed E-state index contributed by atoms with van der Waals surface area (Å²) in [5.41, 5.74) is -0.0398. The van der Waals surface area contributed by atoms with E-state index >= 15 is 0 Å². The van der Waals surface area contributed by atoms with Crippen LogP contribution in [-0.2, 0) is 23.7 Å². The molecule has 0 amide bonds. The first-order chi connectivity index (χ1) is 24.2. The van der Waals surface area contributed by atoms with Gasteiger partial charge in [0.25, 0.3) is 0 Å². The summed E-state index contributed by atoms with van der Waals surface area (Å²) in [4.78, 5) is 11.7. The van der Waals surface area contributed by atoms with E-state index in [9.17, 15) is 35.4 Å². The normalized spacial score (nSPS) is 54.5. The molecule has 2 heterocycles. The molecule has 17 atom stereocenters. The SMILES string of the molecule is CC1(C)CC2C3=CCC4[C@@]5(C)CC[C@H](O[C@H]6C[C@@H](O)C[C@@H](C(=O)O)O6)[C@](C)(CO)C5CC[C@@]4(C)[C@]3(C)CC[C@@]2(C)[C@H](O[C@@H]2OC[C@H](O)C[C@H]2O)[C@@H]1O. The van der Waals surface area contributed by atoms with E-state index < -0.39 is 66.0 Å². The quantitative estimate of drug-likeness (QED) is 0.167. The minimum absolute atomic E-state index is 0.00556. The maximum atomic E-state index is 11.9. The molecule has 296 valence electrons. The van der Waals surface area contributed by atoms with Crippen molar-refractivity contribution in [2.75, 3.05) is 13.2 Å². The van der Waals surface area contributed by atoms with Gasteiger partial charge < -0.3 is 49.6 Å². The lowest BCUT2D eigenvalue weighted by Crippen LogP contribution is -2.68. The van der Waals surface area contributed by atoms with Gasteiger partial charge in [-0.3, -0.25) is 0 Å². The molecule has 2 aliphatic heterocycles. The standard InChI is InChI=1S/C41H66O11/c1-36(2)19-25-24-8-9-29-38(4)12-11-30(51-31-18-22(43)17-27(50-31)34(47)48)39(5,21-42)28(38)10-13-41(29,7)40(24,6)15-14-37(25,3)33(32(36)46)52-35-26(45)16-23(44)20-49-35/h8,22-23,25-33,35,42-46H,9-21H2,1-7H3,(H,47,48)/t22-,23+,25?,26+,27-,28?,29?,30-,31-,32-,33+,35-,37+,38-,39+,40+,41+/m0/s1. The van der Waals surface area contributed by atoms with E-state index in [1.807, 2.05) is 0 Å². The van der Waals surface area contributed by atoms with Gasteiger partial charge in [-0.2, -0.15) is 0 Å². The van der Waals surface area contributed by atoms with Crippen molar-refractivity contribution in [2.45, 2.75) is 174 Å². The molecule has 5 aliphatic carbocycles. The second-order valence-corrected chi connectivity index (χ2v) is 20.1. The van der Waals surface area contributed by atoms with Crippen molar-refractivity contribution in [1.82, 2.24) is 0 Å². The number of aliphatic hydroxyl groups excluding tert-OH is 5. The highest BCUT2D eigenvalue weighted by Crippen LogP contribution is 2.76. The van der Waals surface area contributed by atoms with E-state index in [0.717, 1.165) is 51.4 Å². The summed E-state index contributed by atoms with van der Waals surface area (Å²) in [6, 6.07) is 0. The van der Waals surface area contributed by atoms with Crippen LogP contribution in [0.3, 0.4) is 0 Å². The molecule has 0 aromatic rings. The molecule has 11 heteroatoms. The number of ether oxygens (including phenoxy) is 4. The molecule has 0 aromatic heterocycles. The second kappa shape index (κ2) is 13.2. The smallest absolute Gasteiger partial charge is 0.333 e. The zero-order valence-corrected chi connectivity index (χ0v) is 32.4. The van der Waals surface area contributed by atoms with E-state index in [-0.39, 0.29) is 72.1 Å². The van der Waals surface area contributed by atoms with Crippen molar-refractivity contribution in [2.24, 2.45) is 50.2 Å². The molecule has 0 bridgehead atoms. The van der Waals surface area contributed by atoms with E-state index in [1.165, 1.54) is 5.57 Å². The van der Waals surface area contributed by atoms with E-state index in [1.54, 1.807) is 0 Å². The molecule has 4 saturated carbocycles. The predicted octanol–water partition coefficient (Wildman–Crippen LogP) is 4.55. The van der Waals surface area contributed by atoms with E-state index in [4.69, 9.17) is 18.9 Å². The Labute approximate surface area is 309 Å². The molecule has 11 nitrogen and oxygen atoms in total. The molecule has 0 aromatic carbocycles. The Kier molecular flexibility index (Phi) is 9.94. The molecule has 52 heavy (non-hydrogen) atoms. The van der Waals surface area contributed by atoms with Crippen LogP contribution in [0.25, 0.3) is 0 Å². The number of fused-ring (bicyclic) bond motifs is 7. The van der Waals surface area contributed by atoms with Gasteiger partial charge in [0.1, 0.15) is 6.10 Å². The predicted molar refractivity (Wildman–Crippen MR) is 191 cm³/mol. The first kappa shape index (κ1) is 39.1. The highest BCUT2D eigenvalue weighted by Gasteiger charge is 2.70. The van der Waals surface area contributed by atoms with E-state index in [2.05, 4.69) is 54.5 Å². The summed E-state index contributed by atoms with van der Waals surface area (Å²) in [5, 5.41) is 63.9. The first-order valence-electron chi connectivity index (χ1n) is 20.1. The van der Waals surface area contributed by atoms with Gasteiger partial charge in [-0.1, -0.05) is 60.1 Å². The second-order valence-electron chi connectivity index (χ2n) is 20.1. The topological polar surface area (TPSA) is 175 Å². The number of allylic oxidation sites excluding steroid dienone is 2. The van der Waals surface area contributed by atoms with Crippen LogP contribution in [0.2, 0.25) is 0 Å². The highest BCUT2D eigenvalue weighted by atomic mass is 16.7. The van der Waals surface area contributed by atoms with Crippen molar-refractivity contribution in [3.8, 4) is 0 Å². The van der Waals surface area contributed by atoms with Crippen LogP contribution >= 0.6 is 0 Å². The highest BCUT2D eigenvalue weighted by molar-refractivity contribution is 5.72. The summed E-state index contributed by atoms with van der Waals surface area (Å²) < 4.78 is 24.8. The molecule has 7 rings (SSSR count). The Morgan fingerprint density at radius 2 is 1.60 bits per heavy atom. The molecule has 2 saturated heterocycles. The molecular weight excluding hydrogens is 668 g/mol.